The van der Waals surface area contributed by atoms with E-state index in [0.29, 0.717) is 0 Å². The third-order valence-corrected chi connectivity index (χ3v) is 4.19. The minimum Gasteiger partial charge on any atom is -0.493 e. The third-order valence-electron chi connectivity index (χ3n) is 3.21. The predicted octanol–water partition coefficient (Wildman–Crippen LogP) is 2.63. The summed E-state index contributed by atoms with van der Waals surface area (Å²) in [6.07, 6.45) is 1.77. The molecule has 3 nitrogen and oxygen atoms in total. The second-order valence-corrected chi connectivity index (χ2v) is 5.57. The smallest absolute Gasteiger partial charge is 0.127 e. The summed E-state index contributed by atoms with van der Waals surface area (Å²) in [5, 5.41) is 3.16. The number of para-hydroxylation sites is 1. The summed E-state index contributed by atoms with van der Waals surface area (Å²) in [5.41, 5.74) is 9.75. The highest BCUT2D eigenvalue weighted by Gasteiger charge is 2.20. The van der Waals surface area contributed by atoms with E-state index in [1.807, 2.05) is 6.92 Å². The Morgan fingerprint density at radius 2 is 2.39 bits per heavy atom. The van der Waals surface area contributed by atoms with Gasteiger partial charge < -0.3 is 10.5 Å². The number of nitrogens with two attached hydrogens (primary N) is 1. The predicted molar refractivity (Wildman–Crippen MR) is 73.1 cm³/mol. The van der Waals surface area contributed by atoms with Crippen LogP contribution in [-0.4, -0.2) is 11.6 Å². The maximum absolute atomic E-state index is 6.30. The number of nitrogens with zero attached hydrogens (tertiary/aromatic N) is 1. The van der Waals surface area contributed by atoms with Crippen LogP contribution in [0.5, 0.6) is 5.75 Å². The number of thiazole rings is 1. The average Bonchev–Trinajstić information content (AvgIpc) is 2.97. The van der Waals surface area contributed by atoms with Crippen molar-refractivity contribution in [2.75, 3.05) is 6.61 Å². The standard InChI is InChI=1S/C14H16N2OS/c1-9-8-18-13(16-9)7-12(15)11-4-2-3-10-5-6-17-14(10)11/h2-4,8,12H,5-7,15H2,1H3. The summed E-state index contributed by atoms with van der Waals surface area (Å²) < 4.78 is 5.70. The molecule has 1 atom stereocenters. The van der Waals surface area contributed by atoms with E-state index in [9.17, 15) is 0 Å². The van der Waals surface area contributed by atoms with E-state index in [1.165, 1.54) is 5.56 Å². The van der Waals surface area contributed by atoms with Crippen LogP contribution >= 0.6 is 11.3 Å². The van der Waals surface area contributed by atoms with Crippen molar-refractivity contribution in [3.05, 3.63) is 45.4 Å². The first-order chi connectivity index (χ1) is 8.74. The molecule has 2 aromatic rings. The first-order valence-corrected chi connectivity index (χ1v) is 7.03. The van der Waals surface area contributed by atoms with Gasteiger partial charge >= 0.3 is 0 Å². The number of aryl methyl sites for hydroxylation is 1. The first kappa shape index (κ1) is 11.7. The van der Waals surface area contributed by atoms with Gasteiger partial charge in [-0.3, -0.25) is 0 Å². The molecule has 2 heterocycles. The van der Waals surface area contributed by atoms with Crippen molar-refractivity contribution in [3.63, 3.8) is 0 Å². The highest BCUT2D eigenvalue weighted by molar-refractivity contribution is 7.09. The van der Waals surface area contributed by atoms with E-state index >= 15 is 0 Å². The van der Waals surface area contributed by atoms with Gasteiger partial charge in [-0.25, -0.2) is 4.98 Å². The molecule has 0 fully saturated rings. The van der Waals surface area contributed by atoms with Crippen molar-refractivity contribution in [2.24, 2.45) is 5.73 Å². The number of aromatic nitrogens is 1. The van der Waals surface area contributed by atoms with Gasteiger partial charge in [0.15, 0.2) is 0 Å². The van der Waals surface area contributed by atoms with Crippen molar-refractivity contribution in [2.45, 2.75) is 25.8 Å². The molecule has 2 N–H and O–H groups in total. The molecule has 4 heteroatoms. The summed E-state index contributed by atoms with van der Waals surface area (Å²) in [4.78, 5) is 4.47. The minimum atomic E-state index is -0.0383. The average molecular weight is 260 g/mol. The van der Waals surface area contributed by atoms with Gasteiger partial charge in [0, 0.05) is 35.5 Å². The maximum atomic E-state index is 6.30. The lowest BCUT2D eigenvalue weighted by molar-refractivity contribution is 0.351. The number of benzene rings is 1. The molecule has 3 rings (SSSR count). The monoisotopic (exact) mass is 260 g/mol. The Kier molecular flexibility index (Phi) is 3.06. The van der Waals surface area contributed by atoms with Crippen LogP contribution < -0.4 is 10.5 Å². The Hall–Kier alpha value is -1.39. The lowest BCUT2D eigenvalue weighted by atomic mass is 10.0. The van der Waals surface area contributed by atoms with Crippen molar-refractivity contribution >= 4 is 11.3 Å². The fraction of sp³-hybridized carbons (Fsp3) is 0.357. The Labute approximate surface area is 111 Å². The number of fused-ring (bicyclic) bond motifs is 1. The molecule has 0 bridgehead atoms. The Morgan fingerprint density at radius 3 is 3.17 bits per heavy atom. The van der Waals surface area contributed by atoms with Gasteiger partial charge in [0.05, 0.1) is 11.6 Å². The maximum Gasteiger partial charge on any atom is 0.127 e. The quantitative estimate of drug-likeness (QED) is 0.923. The lowest BCUT2D eigenvalue weighted by Gasteiger charge is -2.14. The van der Waals surface area contributed by atoms with Crippen molar-refractivity contribution < 1.29 is 4.74 Å². The van der Waals surface area contributed by atoms with E-state index < -0.39 is 0 Å². The Balaban J connectivity index is 1.84. The molecule has 0 radical (unpaired) electrons. The molecule has 1 aromatic carbocycles. The second-order valence-electron chi connectivity index (χ2n) is 4.63. The van der Waals surface area contributed by atoms with Crippen molar-refractivity contribution in [3.8, 4) is 5.75 Å². The molecular formula is C14H16N2OS. The number of rotatable bonds is 3. The number of hydrogen-bond donors (Lipinski definition) is 1. The molecule has 1 aliphatic heterocycles. The first-order valence-electron chi connectivity index (χ1n) is 6.15. The summed E-state index contributed by atoms with van der Waals surface area (Å²) in [6.45, 7) is 2.78. The van der Waals surface area contributed by atoms with Gasteiger partial charge in [-0.15, -0.1) is 11.3 Å². The normalized spacial score (nSPS) is 15.2. The van der Waals surface area contributed by atoms with Crippen molar-refractivity contribution in [1.82, 2.24) is 4.98 Å². The summed E-state index contributed by atoms with van der Waals surface area (Å²) in [7, 11) is 0. The Bertz CT molecular complexity index is 565. The molecule has 1 unspecified atom stereocenters. The highest BCUT2D eigenvalue weighted by atomic mass is 32.1. The van der Waals surface area contributed by atoms with Crippen molar-refractivity contribution in [1.29, 1.82) is 0 Å². The Morgan fingerprint density at radius 1 is 1.50 bits per heavy atom. The summed E-state index contributed by atoms with van der Waals surface area (Å²) in [5.74, 6) is 0.998. The van der Waals surface area contributed by atoms with Crippen LogP contribution in [-0.2, 0) is 12.8 Å². The fourth-order valence-corrected chi connectivity index (χ4v) is 3.16. The second kappa shape index (κ2) is 4.71. The van der Waals surface area contributed by atoms with Crippen LogP contribution in [0.25, 0.3) is 0 Å². The van der Waals surface area contributed by atoms with Gasteiger partial charge in [0.2, 0.25) is 0 Å². The highest BCUT2D eigenvalue weighted by Crippen LogP contribution is 2.33. The van der Waals surface area contributed by atoms with Gasteiger partial charge in [-0.05, 0) is 12.5 Å². The largest absolute Gasteiger partial charge is 0.493 e. The van der Waals surface area contributed by atoms with Crippen LogP contribution in [0, 0.1) is 6.92 Å². The summed E-state index contributed by atoms with van der Waals surface area (Å²) in [6, 6.07) is 6.21. The molecule has 1 aromatic heterocycles. The SMILES string of the molecule is Cc1csc(CC(N)c2cccc3c2OCC3)n1. The zero-order valence-corrected chi connectivity index (χ0v) is 11.2. The van der Waals surface area contributed by atoms with Gasteiger partial charge in [-0.1, -0.05) is 18.2 Å². The van der Waals surface area contributed by atoms with E-state index in [0.717, 1.165) is 41.5 Å². The minimum absolute atomic E-state index is 0.0383. The van der Waals surface area contributed by atoms with Gasteiger partial charge in [0.1, 0.15) is 5.75 Å². The number of ether oxygens (including phenoxy) is 1. The molecular weight excluding hydrogens is 244 g/mol. The topological polar surface area (TPSA) is 48.1 Å². The zero-order chi connectivity index (χ0) is 12.5. The van der Waals surface area contributed by atoms with Gasteiger partial charge in [-0.2, -0.15) is 0 Å². The number of hydrogen-bond acceptors (Lipinski definition) is 4. The third kappa shape index (κ3) is 2.13. The van der Waals surface area contributed by atoms with Crippen LogP contribution in [0.3, 0.4) is 0 Å². The van der Waals surface area contributed by atoms with Crippen LogP contribution in [0.4, 0.5) is 0 Å². The van der Waals surface area contributed by atoms with Crippen LogP contribution in [0.1, 0.15) is 27.9 Å². The molecule has 0 aliphatic carbocycles. The zero-order valence-electron chi connectivity index (χ0n) is 10.3. The molecule has 0 saturated heterocycles. The van der Waals surface area contributed by atoms with Gasteiger partial charge in [0.25, 0.3) is 0 Å². The molecule has 94 valence electrons. The van der Waals surface area contributed by atoms with E-state index in [-0.39, 0.29) is 6.04 Å². The molecule has 0 saturated carbocycles. The molecule has 1 aliphatic rings. The lowest BCUT2D eigenvalue weighted by Crippen LogP contribution is -2.14. The molecule has 18 heavy (non-hydrogen) atoms. The van der Waals surface area contributed by atoms with E-state index in [4.69, 9.17) is 10.5 Å². The molecule has 0 spiro atoms. The van der Waals surface area contributed by atoms with E-state index in [1.54, 1.807) is 11.3 Å². The summed E-state index contributed by atoms with van der Waals surface area (Å²) >= 11 is 1.67. The van der Waals surface area contributed by atoms with E-state index in [2.05, 4.69) is 28.6 Å². The van der Waals surface area contributed by atoms with Crippen LogP contribution in [0.15, 0.2) is 23.6 Å². The molecule has 0 amide bonds. The van der Waals surface area contributed by atoms with Crippen LogP contribution in [0.2, 0.25) is 0 Å². The fourth-order valence-electron chi connectivity index (χ4n) is 2.33.